The molecule has 0 aliphatic carbocycles. The van der Waals surface area contributed by atoms with Crippen LogP contribution in [0.3, 0.4) is 0 Å². The molecule has 29 heavy (non-hydrogen) atoms. The summed E-state index contributed by atoms with van der Waals surface area (Å²) in [4.78, 5) is 17.7. The average Bonchev–Trinajstić information content (AvgIpc) is 3.42. The third kappa shape index (κ3) is 5.10. The molecule has 1 N–H and O–H groups in total. The number of amides is 1. The Bertz CT molecular complexity index is 1050. The van der Waals surface area contributed by atoms with Crippen LogP contribution in [0.4, 0.5) is 0 Å². The highest BCUT2D eigenvalue weighted by molar-refractivity contribution is 7.99. The second-order valence-corrected chi connectivity index (χ2v) is 8.19. The first kappa shape index (κ1) is 19.4. The van der Waals surface area contributed by atoms with Crippen LogP contribution in [-0.2, 0) is 17.8 Å². The number of nitrogens with one attached hydrogen (secondary N) is 1. The molecule has 0 bridgehead atoms. The van der Waals surface area contributed by atoms with Gasteiger partial charge in [0.1, 0.15) is 5.82 Å². The maximum atomic E-state index is 12.3. The lowest BCUT2D eigenvalue weighted by Crippen LogP contribution is -2.25. The highest BCUT2D eigenvalue weighted by Crippen LogP contribution is 2.24. The molecule has 3 aromatic heterocycles. The zero-order chi connectivity index (χ0) is 19.9. The highest BCUT2D eigenvalue weighted by atomic mass is 32.2. The van der Waals surface area contributed by atoms with Gasteiger partial charge in [-0.05, 0) is 35.7 Å². The smallest absolute Gasteiger partial charge is 0.230 e. The van der Waals surface area contributed by atoms with Crippen LogP contribution in [0.2, 0.25) is 0 Å². The zero-order valence-electron chi connectivity index (χ0n) is 15.6. The first-order valence-corrected chi connectivity index (χ1v) is 11.0. The van der Waals surface area contributed by atoms with E-state index < -0.39 is 0 Å². The standard InChI is InChI=1S/C21H19N5OS2/c27-20(23-14-16-7-4-5-11-22-16)15-29-21-25-24-19(13-18-10-6-12-28-18)26(21)17-8-2-1-3-9-17/h1-12H,13-15H2,(H,23,27). The summed E-state index contributed by atoms with van der Waals surface area (Å²) in [6.45, 7) is 0.412. The predicted molar refractivity (Wildman–Crippen MR) is 115 cm³/mol. The van der Waals surface area contributed by atoms with Crippen molar-refractivity contribution >= 4 is 29.0 Å². The molecular formula is C21H19N5OS2. The van der Waals surface area contributed by atoms with Crippen LogP contribution in [0.25, 0.3) is 5.69 Å². The fourth-order valence-electron chi connectivity index (χ4n) is 2.79. The lowest BCUT2D eigenvalue weighted by atomic mass is 10.3. The number of para-hydroxylation sites is 1. The largest absolute Gasteiger partial charge is 0.350 e. The number of benzene rings is 1. The summed E-state index contributed by atoms with van der Waals surface area (Å²) >= 11 is 3.07. The Morgan fingerprint density at radius 2 is 1.90 bits per heavy atom. The molecule has 0 atom stereocenters. The van der Waals surface area contributed by atoms with E-state index in [2.05, 4.69) is 31.9 Å². The zero-order valence-corrected chi connectivity index (χ0v) is 17.2. The van der Waals surface area contributed by atoms with E-state index in [1.807, 2.05) is 59.2 Å². The van der Waals surface area contributed by atoms with Gasteiger partial charge < -0.3 is 5.32 Å². The van der Waals surface area contributed by atoms with Crippen LogP contribution in [0.5, 0.6) is 0 Å². The Morgan fingerprint density at radius 3 is 2.66 bits per heavy atom. The highest BCUT2D eigenvalue weighted by Gasteiger charge is 2.16. The van der Waals surface area contributed by atoms with Crippen LogP contribution in [0, 0.1) is 0 Å². The van der Waals surface area contributed by atoms with Gasteiger partial charge in [0.2, 0.25) is 5.91 Å². The van der Waals surface area contributed by atoms with Crippen LogP contribution < -0.4 is 5.32 Å². The van der Waals surface area contributed by atoms with Crippen LogP contribution in [-0.4, -0.2) is 31.4 Å². The summed E-state index contributed by atoms with van der Waals surface area (Å²) in [5, 5.41) is 14.4. The predicted octanol–water partition coefficient (Wildman–Crippen LogP) is 3.72. The molecule has 3 heterocycles. The van der Waals surface area contributed by atoms with Crippen molar-refractivity contribution in [1.29, 1.82) is 0 Å². The van der Waals surface area contributed by atoms with E-state index >= 15 is 0 Å². The second-order valence-electron chi connectivity index (χ2n) is 6.21. The maximum absolute atomic E-state index is 12.3. The first-order chi connectivity index (χ1) is 14.3. The molecule has 0 aliphatic heterocycles. The van der Waals surface area contributed by atoms with Crippen molar-refractivity contribution < 1.29 is 4.79 Å². The van der Waals surface area contributed by atoms with E-state index in [4.69, 9.17) is 0 Å². The summed E-state index contributed by atoms with van der Waals surface area (Å²) in [6.07, 6.45) is 2.42. The fraction of sp³-hybridized carbons (Fsp3) is 0.143. The van der Waals surface area contributed by atoms with Gasteiger partial charge in [0.05, 0.1) is 18.0 Å². The van der Waals surface area contributed by atoms with Gasteiger partial charge in [-0.3, -0.25) is 14.3 Å². The number of hydrogen-bond donors (Lipinski definition) is 1. The SMILES string of the molecule is O=C(CSc1nnc(Cc2cccs2)n1-c1ccccc1)NCc1ccccn1. The third-order valence-electron chi connectivity index (χ3n) is 4.15. The van der Waals surface area contributed by atoms with Crippen molar-refractivity contribution in [2.24, 2.45) is 0 Å². The number of hydrogen-bond acceptors (Lipinski definition) is 6. The number of carbonyl (C=O) groups excluding carboxylic acids is 1. The molecule has 0 saturated heterocycles. The normalized spacial score (nSPS) is 10.8. The summed E-state index contributed by atoms with van der Waals surface area (Å²) in [5.41, 5.74) is 1.82. The Balaban J connectivity index is 1.46. The van der Waals surface area contributed by atoms with E-state index in [0.717, 1.165) is 17.2 Å². The van der Waals surface area contributed by atoms with E-state index in [1.54, 1.807) is 17.5 Å². The van der Waals surface area contributed by atoms with Crippen molar-refractivity contribution in [2.45, 2.75) is 18.1 Å². The van der Waals surface area contributed by atoms with Gasteiger partial charge in [-0.25, -0.2) is 0 Å². The number of nitrogens with zero attached hydrogens (tertiary/aromatic N) is 4. The Hall–Kier alpha value is -2.97. The molecule has 0 spiro atoms. The minimum Gasteiger partial charge on any atom is -0.350 e. The molecule has 0 unspecified atom stereocenters. The second kappa shape index (κ2) is 9.49. The van der Waals surface area contributed by atoms with Crippen molar-refractivity contribution in [3.63, 3.8) is 0 Å². The van der Waals surface area contributed by atoms with Gasteiger partial charge in [-0.1, -0.05) is 42.1 Å². The molecule has 1 amide bonds. The molecule has 0 saturated carbocycles. The number of rotatable bonds is 8. The van der Waals surface area contributed by atoms with Crippen molar-refractivity contribution in [3.05, 3.63) is 88.6 Å². The summed E-state index contributed by atoms with van der Waals surface area (Å²) in [7, 11) is 0. The van der Waals surface area contributed by atoms with E-state index in [1.165, 1.54) is 16.6 Å². The number of thioether (sulfide) groups is 1. The van der Waals surface area contributed by atoms with Crippen LogP contribution in [0.15, 0.2) is 77.4 Å². The molecule has 146 valence electrons. The monoisotopic (exact) mass is 421 g/mol. The van der Waals surface area contributed by atoms with E-state index in [9.17, 15) is 4.79 Å². The summed E-state index contributed by atoms with van der Waals surface area (Å²) in [5.74, 6) is 1.05. The number of pyridine rings is 1. The van der Waals surface area contributed by atoms with Crippen molar-refractivity contribution in [3.8, 4) is 5.69 Å². The summed E-state index contributed by atoms with van der Waals surface area (Å²) < 4.78 is 2.02. The topological polar surface area (TPSA) is 72.7 Å². The molecule has 0 fully saturated rings. The molecule has 6 nitrogen and oxygen atoms in total. The van der Waals surface area contributed by atoms with E-state index in [-0.39, 0.29) is 11.7 Å². The minimum atomic E-state index is -0.0666. The quantitative estimate of drug-likeness (QED) is 0.439. The first-order valence-electron chi connectivity index (χ1n) is 9.11. The molecule has 0 aliphatic rings. The van der Waals surface area contributed by atoms with Gasteiger partial charge in [0, 0.05) is 23.2 Å². The minimum absolute atomic E-state index is 0.0666. The van der Waals surface area contributed by atoms with Crippen molar-refractivity contribution in [1.82, 2.24) is 25.1 Å². The molecular weight excluding hydrogens is 402 g/mol. The molecule has 8 heteroatoms. The van der Waals surface area contributed by atoms with Gasteiger partial charge in [-0.15, -0.1) is 21.5 Å². The fourth-order valence-corrected chi connectivity index (χ4v) is 4.29. The van der Waals surface area contributed by atoms with Gasteiger partial charge in [-0.2, -0.15) is 0 Å². The lowest BCUT2D eigenvalue weighted by molar-refractivity contribution is -0.118. The van der Waals surface area contributed by atoms with E-state index in [0.29, 0.717) is 18.1 Å². The average molecular weight is 422 g/mol. The van der Waals surface area contributed by atoms with Crippen LogP contribution >= 0.6 is 23.1 Å². The lowest BCUT2D eigenvalue weighted by Gasteiger charge is -2.10. The van der Waals surface area contributed by atoms with Gasteiger partial charge >= 0.3 is 0 Å². The Morgan fingerprint density at radius 1 is 1.03 bits per heavy atom. The third-order valence-corrected chi connectivity index (χ3v) is 5.96. The van der Waals surface area contributed by atoms with Gasteiger partial charge in [0.15, 0.2) is 5.16 Å². The maximum Gasteiger partial charge on any atom is 0.230 e. The Labute approximate surface area is 177 Å². The number of aromatic nitrogens is 4. The molecule has 1 aromatic carbocycles. The number of carbonyl (C=O) groups is 1. The Kier molecular flexibility index (Phi) is 6.33. The molecule has 4 aromatic rings. The molecule has 0 radical (unpaired) electrons. The molecule has 4 rings (SSSR count). The van der Waals surface area contributed by atoms with Gasteiger partial charge in [0.25, 0.3) is 0 Å². The van der Waals surface area contributed by atoms with Crippen molar-refractivity contribution in [2.75, 3.05) is 5.75 Å². The summed E-state index contributed by atoms with van der Waals surface area (Å²) in [6, 6.07) is 19.7. The number of thiophene rings is 1. The van der Waals surface area contributed by atoms with Crippen LogP contribution in [0.1, 0.15) is 16.4 Å².